The number of fused-ring (bicyclic) bond motifs is 1. The molecule has 0 saturated carbocycles. The molecule has 1 unspecified atom stereocenters. The Hall–Kier alpha value is -2.21. The van der Waals surface area contributed by atoms with Gasteiger partial charge in [-0.3, -0.25) is 9.97 Å². The van der Waals surface area contributed by atoms with Crippen LogP contribution in [0.2, 0.25) is 0 Å². The molecule has 22 heavy (non-hydrogen) atoms. The molecule has 112 valence electrons. The van der Waals surface area contributed by atoms with Gasteiger partial charge in [-0.2, -0.15) is 0 Å². The second-order valence-electron chi connectivity index (χ2n) is 5.46. The normalized spacial score (nSPS) is 18.0. The van der Waals surface area contributed by atoms with Crippen LogP contribution in [0.1, 0.15) is 12.0 Å². The SMILES string of the molecule is Cc1cnccc1OC1CCN(c2nc3cnccc3s2)C1. The van der Waals surface area contributed by atoms with Crippen molar-refractivity contribution in [2.75, 3.05) is 18.0 Å². The zero-order valence-electron chi connectivity index (χ0n) is 12.3. The highest BCUT2D eigenvalue weighted by Crippen LogP contribution is 2.31. The van der Waals surface area contributed by atoms with E-state index in [1.165, 1.54) is 4.70 Å². The van der Waals surface area contributed by atoms with Gasteiger partial charge in [0.15, 0.2) is 5.13 Å². The molecule has 0 bridgehead atoms. The summed E-state index contributed by atoms with van der Waals surface area (Å²) in [5, 5.41) is 1.06. The van der Waals surface area contributed by atoms with Gasteiger partial charge in [0.05, 0.1) is 17.4 Å². The molecule has 3 aromatic rings. The molecule has 1 fully saturated rings. The fraction of sp³-hybridized carbons (Fsp3) is 0.312. The monoisotopic (exact) mass is 312 g/mol. The van der Waals surface area contributed by atoms with E-state index in [1.54, 1.807) is 17.5 Å². The summed E-state index contributed by atoms with van der Waals surface area (Å²) in [5.41, 5.74) is 2.05. The molecule has 0 aliphatic carbocycles. The van der Waals surface area contributed by atoms with Crippen molar-refractivity contribution in [3.63, 3.8) is 0 Å². The van der Waals surface area contributed by atoms with Crippen molar-refractivity contribution in [2.24, 2.45) is 0 Å². The van der Waals surface area contributed by atoms with E-state index in [4.69, 9.17) is 4.74 Å². The number of anilines is 1. The second kappa shape index (κ2) is 5.53. The molecule has 0 aromatic carbocycles. The van der Waals surface area contributed by atoms with Crippen LogP contribution in [0.4, 0.5) is 5.13 Å². The van der Waals surface area contributed by atoms with Crippen LogP contribution < -0.4 is 9.64 Å². The standard InChI is InChI=1S/C16H16N4OS/c1-11-8-17-5-2-14(11)21-12-4-7-20(10-12)16-19-13-9-18-6-3-15(13)22-16/h2-3,5-6,8-9,12H,4,7,10H2,1H3. The van der Waals surface area contributed by atoms with Crippen LogP contribution in [-0.2, 0) is 0 Å². The molecule has 0 N–H and O–H groups in total. The van der Waals surface area contributed by atoms with Crippen LogP contribution in [0.3, 0.4) is 0 Å². The molecular weight excluding hydrogens is 296 g/mol. The van der Waals surface area contributed by atoms with E-state index in [9.17, 15) is 0 Å². The number of nitrogens with zero attached hydrogens (tertiary/aromatic N) is 4. The lowest BCUT2D eigenvalue weighted by atomic mass is 10.2. The quantitative estimate of drug-likeness (QED) is 0.744. The Morgan fingerprint density at radius 3 is 2.95 bits per heavy atom. The van der Waals surface area contributed by atoms with Crippen LogP contribution in [-0.4, -0.2) is 34.1 Å². The molecule has 1 aliphatic heterocycles. The molecule has 4 rings (SSSR count). The van der Waals surface area contributed by atoms with Crippen LogP contribution in [0.15, 0.2) is 36.9 Å². The van der Waals surface area contributed by atoms with E-state index in [0.29, 0.717) is 0 Å². The van der Waals surface area contributed by atoms with Gasteiger partial charge in [-0.25, -0.2) is 4.98 Å². The topological polar surface area (TPSA) is 51.1 Å². The molecule has 0 amide bonds. The molecule has 0 spiro atoms. The van der Waals surface area contributed by atoms with Gasteiger partial charge in [0.25, 0.3) is 0 Å². The van der Waals surface area contributed by atoms with Crippen molar-refractivity contribution >= 4 is 26.7 Å². The van der Waals surface area contributed by atoms with Crippen LogP contribution in [0.25, 0.3) is 10.2 Å². The van der Waals surface area contributed by atoms with Crippen molar-refractivity contribution in [1.82, 2.24) is 15.0 Å². The third-order valence-electron chi connectivity index (χ3n) is 3.86. The van der Waals surface area contributed by atoms with Gasteiger partial charge in [-0.05, 0) is 19.1 Å². The minimum atomic E-state index is 0.200. The summed E-state index contributed by atoms with van der Waals surface area (Å²) >= 11 is 1.72. The number of pyridine rings is 2. The van der Waals surface area contributed by atoms with Gasteiger partial charge in [-0.1, -0.05) is 11.3 Å². The average Bonchev–Trinajstić information content (AvgIpc) is 3.15. The Kier molecular flexibility index (Phi) is 3.38. The summed E-state index contributed by atoms with van der Waals surface area (Å²) in [6.07, 6.45) is 8.45. The number of hydrogen-bond donors (Lipinski definition) is 0. The third kappa shape index (κ3) is 2.50. The van der Waals surface area contributed by atoms with Gasteiger partial charge in [0.1, 0.15) is 17.4 Å². The van der Waals surface area contributed by atoms with E-state index < -0.39 is 0 Å². The minimum Gasteiger partial charge on any atom is -0.488 e. The number of hydrogen-bond acceptors (Lipinski definition) is 6. The fourth-order valence-electron chi connectivity index (χ4n) is 2.67. The molecule has 5 nitrogen and oxygen atoms in total. The predicted octanol–water partition coefficient (Wildman–Crippen LogP) is 3.05. The van der Waals surface area contributed by atoms with Crippen molar-refractivity contribution in [2.45, 2.75) is 19.4 Å². The van der Waals surface area contributed by atoms with E-state index in [0.717, 1.165) is 41.5 Å². The summed E-state index contributed by atoms with van der Waals surface area (Å²) < 4.78 is 7.29. The maximum Gasteiger partial charge on any atom is 0.186 e. The van der Waals surface area contributed by atoms with Gasteiger partial charge < -0.3 is 9.64 Å². The zero-order chi connectivity index (χ0) is 14.9. The van der Waals surface area contributed by atoms with Crippen molar-refractivity contribution in [3.05, 3.63) is 42.5 Å². The molecule has 6 heteroatoms. The van der Waals surface area contributed by atoms with Crippen LogP contribution in [0, 0.1) is 6.92 Å². The summed E-state index contributed by atoms with van der Waals surface area (Å²) in [6, 6.07) is 3.95. The number of aryl methyl sites for hydroxylation is 1. The van der Waals surface area contributed by atoms with E-state index in [2.05, 4.69) is 19.9 Å². The van der Waals surface area contributed by atoms with Gasteiger partial charge in [0, 0.05) is 37.1 Å². The first kappa shape index (κ1) is 13.5. The average molecular weight is 312 g/mol. The first-order chi connectivity index (χ1) is 10.8. The van der Waals surface area contributed by atoms with Crippen LogP contribution in [0.5, 0.6) is 5.75 Å². The second-order valence-corrected chi connectivity index (χ2v) is 6.46. The number of ether oxygens (including phenoxy) is 1. The number of aromatic nitrogens is 3. The van der Waals surface area contributed by atoms with E-state index in [-0.39, 0.29) is 6.10 Å². The van der Waals surface area contributed by atoms with Crippen LogP contribution >= 0.6 is 11.3 Å². The minimum absolute atomic E-state index is 0.200. The number of thiazole rings is 1. The molecule has 1 atom stereocenters. The Morgan fingerprint density at radius 2 is 2.09 bits per heavy atom. The summed E-state index contributed by atoms with van der Waals surface area (Å²) in [6.45, 7) is 3.87. The van der Waals surface area contributed by atoms with E-state index >= 15 is 0 Å². The molecule has 1 saturated heterocycles. The molecule has 3 aromatic heterocycles. The Balaban J connectivity index is 1.49. The Bertz CT molecular complexity index is 770. The maximum atomic E-state index is 6.11. The Labute approximate surface area is 132 Å². The number of rotatable bonds is 3. The largest absolute Gasteiger partial charge is 0.488 e. The predicted molar refractivity (Wildman–Crippen MR) is 87.6 cm³/mol. The van der Waals surface area contributed by atoms with Crippen molar-refractivity contribution < 1.29 is 4.74 Å². The first-order valence-corrected chi connectivity index (χ1v) is 8.14. The summed E-state index contributed by atoms with van der Waals surface area (Å²) in [4.78, 5) is 15.2. The lowest BCUT2D eigenvalue weighted by Crippen LogP contribution is -2.24. The van der Waals surface area contributed by atoms with E-state index in [1.807, 2.05) is 37.6 Å². The lowest BCUT2D eigenvalue weighted by Gasteiger charge is -2.17. The molecule has 4 heterocycles. The van der Waals surface area contributed by atoms with Crippen molar-refractivity contribution in [1.29, 1.82) is 0 Å². The highest BCUT2D eigenvalue weighted by atomic mass is 32.1. The van der Waals surface area contributed by atoms with Gasteiger partial charge in [-0.15, -0.1) is 0 Å². The first-order valence-electron chi connectivity index (χ1n) is 7.32. The zero-order valence-corrected chi connectivity index (χ0v) is 13.1. The Morgan fingerprint density at radius 1 is 1.23 bits per heavy atom. The summed E-state index contributed by atoms with van der Waals surface area (Å²) in [5.74, 6) is 0.926. The van der Waals surface area contributed by atoms with Gasteiger partial charge >= 0.3 is 0 Å². The highest BCUT2D eigenvalue weighted by Gasteiger charge is 2.26. The van der Waals surface area contributed by atoms with Crippen molar-refractivity contribution in [3.8, 4) is 5.75 Å². The smallest absolute Gasteiger partial charge is 0.186 e. The lowest BCUT2D eigenvalue weighted by molar-refractivity contribution is 0.223. The summed E-state index contributed by atoms with van der Waals surface area (Å²) in [7, 11) is 0. The highest BCUT2D eigenvalue weighted by molar-refractivity contribution is 7.22. The van der Waals surface area contributed by atoms with Gasteiger partial charge in [0.2, 0.25) is 0 Å². The third-order valence-corrected chi connectivity index (χ3v) is 4.95. The molecule has 1 aliphatic rings. The fourth-order valence-corrected chi connectivity index (χ4v) is 3.64. The maximum absolute atomic E-state index is 6.11. The molecular formula is C16H16N4OS. The molecule has 0 radical (unpaired) electrons.